The summed E-state index contributed by atoms with van der Waals surface area (Å²) in [5.74, 6) is 1.91. The predicted molar refractivity (Wildman–Crippen MR) is 164 cm³/mol. The summed E-state index contributed by atoms with van der Waals surface area (Å²) in [6, 6.07) is 28.0. The van der Waals surface area contributed by atoms with Crippen LogP contribution in [0, 0.1) is 10.2 Å². The lowest BCUT2D eigenvalue weighted by atomic mass is 9.84. The fourth-order valence-corrected chi connectivity index (χ4v) is 8.39. The van der Waals surface area contributed by atoms with Crippen LogP contribution < -0.4 is 28.1 Å². The number of anilines is 1. The van der Waals surface area contributed by atoms with Gasteiger partial charge in [0.15, 0.2) is 0 Å². The Kier molecular flexibility index (Phi) is 8.98. The Morgan fingerprint density at radius 3 is 2.32 bits per heavy atom. The third-order valence-corrected chi connectivity index (χ3v) is 10.1. The topological polar surface area (TPSA) is 109 Å². The number of aromatic nitrogens is 1. The molecule has 0 spiro atoms. The monoisotopic (exact) mass is 646 g/mol. The number of ether oxygens (including phenoxy) is 1. The van der Waals surface area contributed by atoms with Gasteiger partial charge in [-0.25, -0.2) is 18.6 Å². The van der Waals surface area contributed by atoms with Crippen molar-refractivity contribution in [1.82, 2.24) is 0 Å². The van der Waals surface area contributed by atoms with Gasteiger partial charge in [-0.3, -0.25) is 0 Å². The van der Waals surface area contributed by atoms with E-state index in [1.165, 1.54) is 47.6 Å². The summed E-state index contributed by atoms with van der Waals surface area (Å²) in [4.78, 5) is 3.71. The van der Waals surface area contributed by atoms with Gasteiger partial charge in [-0.15, -0.1) is 10.2 Å². The summed E-state index contributed by atoms with van der Waals surface area (Å²) in [6.07, 6.45) is 7.83. The molecular weight excluding hydrogens is 616 g/mol. The lowest BCUT2D eigenvalue weighted by molar-refractivity contribution is -2.00. The van der Waals surface area contributed by atoms with Crippen LogP contribution in [0.4, 0.5) is 5.69 Å². The van der Waals surface area contributed by atoms with Crippen LogP contribution in [-0.2, 0) is 11.3 Å². The van der Waals surface area contributed by atoms with Gasteiger partial charge in [0.25, 0.3) is 5.01 Å². The van der Waals surface area contributed by atoms with Crippen LogP contribution in [0.1, 0.15) is 43.7 Å². The highest BCUT2D eigenvalue weighted by Gasteiger charge is 2.33. The number of benzene rings is 3. The molecule has 10 heteroatoms. The highest BCUT2D eigenvalue weighted by molar-refractivity contribution is 8.03. The van der Waals surface area contributed by atoms with Gasteiger partial charge < -0.3 is 9.64 Å². The van der Waals surface area contributed by atoms with Gasteiger partial charge >= 0.3 is 0 Å². The van der Waals surface area contributed by atoms with Crippen LogP contribution in [0.15, 0.2) is 118 Å². The molecule has 1 aliphatic carbocycles. The molecule has 3 aromatic carbocycles. The lowest BCUT2D eigenvalue weighted by Crippen LogP contribution is -2.68. The summed E-state index contributed by atoms with van der Waals surface area (Å²) >= 11 is 3.76. The molecule has 0 unspecified atom stereocenters. The molecule has 4 aromatic rings. The van der Waals surface area contributed by atoms with Crippen molar-refractivity contribution < 1.29 is 38.2 Å². The summed E-state index contributed by atoms with van der Waals surface area (Å²) in [6.45, 7) is 6.36. The van der Waals surface area contributed by atoms with Gasteiger partial charge in [0.2, 0.25) is 5.52 Å². The SMILES string of the molecule is CCN1/C(=C/C2=C3CCCC(c4sc5ccccc5[n+]4CC)=C3C=C(c3ccccc3)O2)Sc2ccccc21.[O-][Cl+3]([O-])([O-])[O-]. The predicted octanol–water partition coefficient (Wildman–Crippen LogP) is 4.19. The fourth-order valence-electron chi connectivity index (χ4n) is 5.92. The highest BCUT2D eigenvalue weighted by Crippen LogP contribution is 2.49. The first-order valence-electron chi connectivity index (χ1n) is 14.5. The number of halogens is 1. The van der Waals surface area contributed by atoms with Gasteiger partial charge in [0, 0.05) is 40.3 Å². The van der Waals surface area contributed by atoms with E-state index in [0.29, 0.717) is 0 Å². The average Bonchev–Trinajstić information content (AvgIpc) is 3.57. The zero-order chi connectivity index (χ0) is 30.8. The molecule has 0 amide bonds. The summed E-state index contributed by atoms with van der Waals surface area (Å²) in [5.41, 5.74) is 7.84. The van der Waals surface area contributed by atoms with Gasteiger partial charge in [0.05, 0.1) is 10.7 Å². The van der Waals surface area contributed by atoms with Gasteiger partial charge in [-0.1, -0.05) is 77.7 Å². The quantitative estimate of drug-likeness (QED) is 0.299. The number of fused-ring (bicyclic) bond motifs is 3. The van der Waals surface area contributed by atoms with E-state index in [9.17, 15) is 0 Å². The van der Waals surface area contributed by atoms with E-state index in [1.54, 1.807) is 0 Å². The molecule has 2 aliphatic heterocycles. The van der Waals surface area contributed by atoms with E-state index in [0.717, 1.165) is 49.4 Å². The molecule has 0 saturated heterocycles. The van der Waals surface area contributed by atoms with Gasteiger partial charge in [-0.05, 0) is 63.0 Å². The highest BCUT2D eigenvalue weighted by atomic mass is 35.7. The van der Waals surface area contributed by atoms with Gasteiger partial charge in [-0.2, -0.15) is 4.57 Å². The van der Waals surface area contributed by atoms with Crippen LogP contribution in [0.25, 0.3) is 21.5 Å². The first-order chi connectivity index (χ1) is 21.2. The van der Waals surface area contributed by atoms with Crippen molar-refractivity contribution in [1.29, 1.82) is 0 Å². The zero-order valence-electron chi connectivity index (χ0n) is 24.3. The number of hydrogen-bond acceptors (Lipinski definition) is 8. The molecule has 7 nitrogen and oxygen atoms in total. The molecule has 0 saturated carbocycles. The Bertz CT molecular complexity index is 1820. The Hall–Kier alpha value is -3.41. The lowest BCUT2D eigenvalue weighted by Gasteiger charge is -2.28. The summed E-state index contributed by atoms with van der Waals surface area (Å²) in [7, 11) is -4.94. The number of nitrogens with zero attached hydrogens (tertiary/aromatic N) is 2. The molecule has 0 radical (unpaired) electrons. The number of hydrogen-bond donors (Lipinski definition) is 0. The maximum absolute atomic E-state index is 8.49. The minimum absolute atomic E-state index is 0.923. The van der Waals surface area contributed by atoms with Crippen molar-refractivity contribution in [3.8, 4) is 0 Å². The van der Waals surface area contributed by atoms with E-state index in [-0.39, 0.29) is 0 Å². The average molecular weight is 647 g/mol. The summed E-state index contributed by atoms with van der Waals surface area (Å²) in [5, 5.41) is 2.61. The third kappa shape index (κ3) is 6.36. The number of para-hydroxylation sites is 2. The third-order valence-electron chi connectivity index (χ3n) is 7.74. The molecule has 0 fully saturated rings. The molecule has 3 aliphatic rings. The molecule has 0 bridgehead atoms. The minimum atomic E-state index is -4.94. The van der Waals surface area contributed by atoms with E-state index in [2.05, 4.69) is 114 Å². The number of aryl methyl sites for hydroxylation is 1. The minimum Gasteiger partial charge on any atom is -0.456 e. The Balaban J connectivity index is 0.000000637. The van der Waals surface area contributed by atoms with E-state index < -0.39 is 10.2 Å². The summed E-state index contributed by atoms with van der Waals surface area (Å²) < 4.78 is 44.6. The number of rotatable bonds is 5. The van der Waals surface area contributed by atoms with Crippen molar-refractivity contribution in [3.05, 3.63) is 124 Å². The second-order valence-corrected chi connectivity index (χ2v) is 13.2. The first kappa shape index (κ1) is 30.6. The largest absolute Gasteiger partial charge is 0.456 e. The maximum Gasteiger partial charge on any atom is 0.266 e. The smallest absolute Gasteiger partial charge is 0.266 e. The second kappa shape index (κ2) is 12.9. The van der Waals surface area contributed by atoms with Crippen LogP contribution >= 0.6 is 23.1 Å². The molecule has 7 rings (SSSR count). The van der Waals surface area contributed by atoms with Crippen LogP contribution in [0.5, 0.6) is 0 Å². The van der Waals surface area contributed by atoms with E-state index in [4.69, 9.17) is 23.4 Å². The van der Waals surface area contributed by atoms with E-state index in [1.807, 2.05) is 23.1 Å². The normalized spacial score (nSPS) is 17.3. The maximum atomic E-state index is 8.49. The zero-order valence-corrected chi connectivity index (χ0v) is 26.7. The number of allylic oxidation sites excluding steroid dienone is 5. The molecule has 0 N–H and O–H groups in total. The van der Waals surface area contributed by atoms with Crippen LogP contribution in [0.3, 0.4) is 0 Å². The number of thiazole rings is 1. The molecule has 3 heterocycles. The first-order valence-corrected chi connectivity index (χ1v) is 17.3. The van der Waals surface area contributed by atoms with Crippen LogP contribution in [-0.4, -0.2) is 6.54 Å². The molecule has 0 atom stereocenters. The van der Waals surface area contributed by atoms with Crippen molar-refractivity contribution in [2.75, 3.05) is 11.4 Å². The fraction of sp³-hybridized carbons (Fsp3) is 0.206. The van der Waals surface area contributed by atoms with E-state index >= 15 is 0 Å². The standard InChI is InChI=1S/C34H31N2OS2.ClHO4/c1-3-35-27-17-8-10-19-31(27)38-33(35)22-30-24-15-12-16-25(26(24)21-29(37-30)23-13-6-5-7-14-23)34-36(4-2)28-18-9-11-20-32(28)39-34;2-1(3,4)5/h5-11,13-14,17-22H,3-4,12,15-16H2,1-2H3;(H,2,3,4,5)/q+1;/p-1. The molecule has 44 heavy (non-hydrogen) atoms. The molecule has 226 valence electrons. The Labute approximate surface area is 267 Å². The van der Waals surface area contributed by atoms with Crippen molar-refractivity contribution in [3.63, 3.8) is 0 Å². The number of thioether (sulfide) groups is 1. The molecular formula is C34H31ClN2O5S2. The van der Waals surface area contributed by atoms with Gasteiger partial charge in [0.1, 0.15) is 22.8 Å². The Morgan fingerprint density at radius 1 is 0.886 bits per heavy atom. The molecule has 1 aromatic heterocycles. The van der Waals surface area contributed by atoms with Crippen molar-refractivity contribution in [2.45, 2.75) is 44.6 Å². The van der Waals surface area contributed by atoms with Crippen molar-refractivity contribution in [2.24, 2.45) is 0 Å². The Morgan fingerprint density at radius 2 is 1.57 bits per heavy atom. The second-order valence-electron chi connectivity index (χ2n) is 10.4. The van der Waals surface area contributed by atoms with Crippen molar-refractivity contribution >= 4 is 50.3 Å². The van der Waals surface area contributed by atoms with Crippen LogP contribution in [0.2, 0.25) is 0 Å².